The number of carbonyl (C=O) groups excluding carboxylic acids is 1. The third-order valence-electron chi connectivity index (χ3n) is 3.55. The van der Waals surface area contributed by atoms with E-state index in [-0.39, 0.29) is 18.5 Å². The molecule has 1 aliphatic rings. The third kappa shape index (κ3) is 4.20. The molecule has 19 heavy (non-hydrogen) atoms. The first kappa shape index (κ1) is 13.8. The summed E-state index contributed by atoms with van der Waals surface area (Å²) < 4.78 is 4.98. The van der Waals surface area contributed by atoms with Gasteiger partial charge in [0.25, 0.3) is 0 Å². The molecule has 1 saturated heterocycles. The topological polar surface area (TPSA) is 97.3 Å². The van der Waals surface area contributed by atoms with Gasteiger partial charge in [-0.25, -0.2) is 0 Å². The van der Waals surface area contributed by atoms with Crippen LogP contribution in [0.15, 0.2) is 4.42 Å². The zero-order chi connectivity index (χ0) is 13.7. The molecule has 106 valence electrons. The molecule has 0 saturated carbocycles. The van der Waals surface area contributed by atoms with Crippen LogP contribution in [0.5, 0.6) is 0 Å². The van der Waals surface area contributed by atoms with Gasteiger partial charge < -0.3 is 20.4 Å². The first-order valence-electron chi connectivity index (χ1n) is 6.70. The molecule has 0 radical (unpaired) electrons. The SMILES string of the molecule is CN1CCCCC1CCC(=O)NCc1nnc(N)o1. The van der Waals surface area contributed by atoms with Crippen LogP contribution in [0.25, 0.3) is 0 Å². The summed E-state index contributed by atoms with van der Waals surface area (Å²) in [6, 6.07) is 0.548. The first-order chi connectivity index (χ1) is 9.15. The third-order valence-corrected chi connectivity index (χ3v) is 3.55. The minimum absolute atomic E-state index is 0.00995. The van der Waals surface area contributed by atoms with Gasteiger partial charge in [0.15, 0.2) is 0 Å². The van der Waals surface area contributed by atoms with Gasteiger partial charge in [-0.05, 0) is 32.9 Å². The van der Waals surface area contributed by atoms with Crippen molar-refractivity contribution in [2.45, 2.75) is 44.7 Å². The number of nitrogens with zero attached hydrogens (tertiary/aromatic N) is 3. The lowest BCUT2D eigenvalue weighted by Crippen LogP contribution is -2.37. The minimum atomic E-state index is 0.00995. The number of amides is 1. The molecule has 0 aliphatic carbocycles. The average molecular weight is 267 g/mol. The molecule has 1 atom stereocenters. The number of nitrogens with one attached hydrogen (secondary N) is 1. The standard InChI is InChI=1S/C12H21N5O2/c1-17-7-3-2-4-9(17)5-6-10(18)14-8-11-15-16-12(13)19-11/h9H,2-8H2,1H3,(H2,13,16)(H,14,18). The molecule has 3 N–H and O–H groups in total. The maximum Gasteiger partial charge on any atom is 0.312 e. The van der Waals surface area contributed by atoms with Crippen LogP contribution in [0.1, 0.15) is 38.0 Å². The van der Waals surface area contributed by atoms with Crippen molar-refractivity contribution in [1.29, 1.82) is 0 Å². The van der Waals surface area contributed by atoms with E-state index >= 15 is 0 Å². The monoisotopic (exact) mass is 267 g/mol. The molecular weight excluding hydrogens is 246 g/mol. The zero-order valence-corrected chi connectivity index (χ0v) is 11.3. The van der Waals surface area contributed by atoms with E-state index in [0.717, 1.165) is 13.0 Å². The van der Waals surface area contributed by atoms with E-state index in [9.17, 15) is 4.79 Å². The highest BCUT2D eigenvalue weighted by Gasteiger charge is 2.19. The van der Waals surface area contributed by atoms with Crippen molar-refractivity contribution in [3.8, 4) is 0 Å². The fourth-order valence-corrected chi connectivity index (χ4v) is 2.41. The summed E-state index contributed by atoms with van der Waals surface area (Å²) in [4.78, 5) is 14.1. The second kappa shape index (κ2) is 6.51. The van der Waals surface area contributed by atoms with Gasteiger partial charge in [-0.1, -0.05) is 11.5 Å². The Labute approximate surface area is 112 Å². The number of hydrogen-bond donors (Lipinski definition) is 2. The highest BCUT2D eigenvalue weighted by Crippen LogP contribution is 2.18. The lowest BCUT2D eigenvalue weighted by atomic mass is 9.98. The van der Waals surface area contributed by atoms with E-state index < -0.39 is 0 Å². The highest BCUT2D eigenvalue weighted by molar-refractivity contribution is 5.75. The Bertz CT molecular complexity index is 420. The molecule has 1 amide bonds. The van der Waals surface area contributed by atoms with Crippen LogP contribution in [0.2, 0.25) is 0 Å². The summed E-state index contributed by atoms with van der Waals surface area (Å²) in [7, 11) is 2.13. The minimum Gasteiger partial charge on any atom is -0.406 e. The molecular formula is C12H21N5O2. The van der Waals surface area contributed by atoms with E-state index in [4.69, 9.17) is 10.2 Å². The molecule has 7 nitrogen and oxygen atoms in total. The van der Waals surface area contributed by atoms with Crippen molar-refractivity contribution in [2.24, 2.45) is 0 Å². The van der Waals surface area contributed by atoms with E-state index in [0.29, 0.717) is 18.4 Å². The fourth-order valence-electron chi connectivity index (χ4n) is 2.41. The van der Waals surface area contributed by atoms with E-state index in [1.54, 1.807) is 0 Å². The van der Waals surface area contributed by atoms with Crippen LogP contribution in [0, 0.1) is 0 Å². The number of carbonyl (C=O) groups is 1. The van der Waals surface area contributed by atoms with Crippen molar-refractivity contribution < 1.29 is 9.21 Å². The van der Waals surface area contributed by atoms with E-state index in [1.807, 2.05) is 0 Å². The van der Waals surface area contributed by atoms with Crippen molar-refractivity contribution in [3.05, 3.63) is 5.89 Å². The molecule has 1 unspecified atom stereocenters. The number of nitrogen functional groups attached to an aromatic ring is 1. The van der Waals surface area contributed by atoms with Gasteiger partial charge in [0.1, 0.15) is 0 Å². The van der Waals surface area contributed by atoms with Gasteiger partial charge >= 0.3 is 6.01 Å². The van der Waals surface area contributed by atoms with Crippen LogP contribution >= 0.6 is 0 Å². The van der Waals surface area contributed by atoms with Gasteiger partial charge in [-0.2, -0.15) is 0 Å². The van der Waals surface area contributed by atoms with Crippen molar-refractivity contribution in [3.63, 3.8) is 0 Å². The smallest absolute Gasteiger partial charge is 0.312 e. The summed E-state index contributed by atoms with van der Waals surface area (Å²) in [5.41, 5.74) is 5.30. The largest absolute Gasteiger partial charge is 0.406 e. The maximum atomic E-state index is 11.7. The van der Waals surface area contributed by atoms with Gasteiger partial charge in [0.05, 0.1) is 6.54 Å². The second-order valence-corrected chi connectivity index (χ2v) is 4.98. The van der Waals surface area contributed by atoms with Gasteiger partial charge in [0, 0.05) is 12.5 Å². The number of likely N-dealkylation sites (tertiary alicyclic amines) is 1. The average Bonchev–Trinajstić information content (AvgIpc) is 2.81. The number of nitrogens with two attached hydrogens (primary N) is 1. The molecule has 7 heteroatoms. The molecule has 2 heterocycles. The Balaban J connectivity index is 1.66. The van der Waals surface area contributed by atoms with Crippen LogP contribution in [0.4, 0.5) is 6.01 Å². The van der Waals surface area contributed by atoms with Crippen molar-refractivity contribution in [1.82, 2.24) is 20.4 Å². The van der Waals surface area contributed by atoms with Gasteiger partial charge in [-0.3, -0.25) is 4.79 Å². The van der Waals surface area contributed by atoms with E-state index in [2.05, 4.69) is 27.5 Å². The molecule has 1 fully saturated rings. The molecule has 0 spiro atoms. The summed E-state index contributed by atoms with van der Waals surface area (Å²) in [6.45, 7) is 1.37. The Kier molecular flexibility index (Phi) is 4.73. The highest BCUT2D eigenvalue weighted by atomic mass is 16.4. The quantitative estimate of drug-likeness (QED) is 0.807. The fraction of sp³-hybridized carbons (Fsp3) is 0.750. The number of anilines is 1. The predicted molar refractivity (Wildman–Crippen MR) is 70.1 cm³/mol. The molecule has 0 bridgehead atoms. The van der Waals surface area contributed by atoms with Crippen molar-refractivity contribution in [2.75, 3.05) is 19.3 Å². The Morgan fingerprint density at radius 2 is 2.37 bits per heavy atom. The van der Waals surface area contributed by atoms with Crippen LogP contribution in [-0.2, 0) is 11.3 Å². The molecule has 1 aromatic rings. The number of piperidine rings is 1. The summed E-state index contributed by atoms with van der Waals surface area (Å²) >= 11 is 0. The number of aromatic nitrogens is 2. The molecule has 0 aromatic carbocycles. The van der Waals surface area contributed by atoms with Gasteiger partial charge in [-0.15, -0.1) is 5.10 Å². The van der Waals surface area contributed by atoms with Crippen LogP contribution < -0.4 is 11.1 Å². The summed E-state index contributed by atoms with van der Waals surface area (Å²) in [6.07, 6.45) is 5.13. The number of rotatable bonds is 5. The Morgan fingerprint density at radius 1 is 1.53 bits per heavy atom. The van der Waals surface area contributed by atoms with Crippen LogP contribution in [0.3, 0.4) is 0 Å². The normalized spacial score (nSPS) is 20.4. The Hall–Kier alpha value is -1.63. The number of hydrogen-bond acceptors (Lipinski definition) is 6. The van der Waals surface area contributed by atoms with E-state index in [1.165, 1.54) is 19.3 Å². The molecule has 2 rings (SSSR count). The van der Waals surface area contributed by atoms with Gasteiger partial charge in [0.2, 0.25) is 11.8 Å². The first-order valence-corrected chi connectivity index (χ1v) is 6.70. The van der Waals surface area contributed by atoms with Crippen LogP contribution in [-0.4, -0.2) is 40.6 Å². The molecule has 1 aromatic heterocycles. The lowest BCUT2D eigenvalue weighted by Gasteiger charge is -2.32. The maximum absolute atomic E-state index is 11.7. The van der Waals surface area contributed by atoms with Crippen molar-refractivity contribution >= 4 is 11.9 Å². The summed E-state index contributed by atoms with van der Waals surface area (Å²) in [5, 5.41) is 9.97. The second-order valence-electron chi connectivity index (χ2n) is 4.98. The molecule has 1 aliphatic heterocycles. The zero-order valence-electron chi connectivity index (χ0n) is 11.3. The Morgan fingerprint density at radius 3 is 3.05 bits per heavy atom. The predicted octanol–water partition coefficient (Wildman–Crippen LogP) is 0.532. The summed E-state index contributed by atoms with van der Waals surface area (Å²) in [5.74, 6) is 0.344. The lowest BCUT2D eigenvalue weighted by molar-refractivity contribution is -0.121.